The van der Waals surface area contributed by atoms with Crippen LogP contribution >= 0.6 is 22.6 Å². The van der Waals surface area contributed by atoms with Gasteiger partial charge < -0.3 is 9.67 Å². The Hall–Kier alpha value is -1.37. The van der Waals surface area contributed by atoms with Crippen LogP contribution in [0.1, 0.15) is 6.42 Å². The molecule has 0 spiro atoms. The van der Waals surface area contributed by atoms with Crippen molar-refractivity contribution in [1.82, 2.24) is 4.57 Å². The lowest BCUT2D eigenvalue weighted by molar-refractivity contribution is -0.137. The molecule has 88 valence electrons. The third-order valence-corrected chi connectivity index (χ3v) is 3.18. The van der Waals surface area contributed by atoms with Crippen molar-refractivity contribution >= 4 is 39.3 Å². The Balaban J connectivity index is 2.47. The molecule has 1 heterocycles. The molecule has 0 atom stereocenters. The van der Waals surface area contributed by atoms with Crippen LogP contribution < -0.4 is 5.56 Å². The summed E-state index contributed by atoms with van der Waals surface area (Å²) in [7, 11) is 0. The number of carbonyl (C=O) groups is 1. The molecule has 1 aromatic heterocycles. The standard InChI is InChI=1S/C12H10INO3/c13-9-1-2-10-8(7-9)3-5-14(12(10)17)6-4-11(15)16/h1-3,5,7H,4,6H2,(H,15,16). The molecule has 17 heavy (non-hydrogen) atoms. The fraction of sp³-hybridized carbons (Fsp3) is 0.167. The molecule has 0 radical (unpaired) electrons. The number of fused-ring (bicyclic) bond motifs is 1. The normalized spacial score (nSPS) is 10.6. The van der Waals surface area contributed by atoms with Gasteiger partial charge in [0, 0.05) is 21.7 Å². The van der Waals surface area contributed by atoms with Crippen LogP contribution in [0.3, 0.4) is 0 Å². The number of hydrogen-bond donors (Lipinski definition) is 1. The topological polar surface area (TPSA) is 59.3 Å². The first-order valence-corrected chi connectivity index (χ1v) is 6.16. The van der Waals surface area contributed by atoms with E-state index in [1.54, 1.807) is 12.3 Å². The first-order valence-electron chi connectivity index (χ1n) is 5.08. The minimum atomic E-state index is -0.903. The van der Waals surface area contributed by atoms with Crippen LogP contribution in [-0.4, -0.2) is 15.6 Å². The molecule has 0 fully saturated rings. The summed E-state index contributed by atoms with van der Waals surface area (Å²) in [4.78, 5) is 22.5. The summed E-state index contributed by atoms with van der Waals surface area (Å²) in [6.07, 6.45) is 1.60. The molecule has 0 amide bonds. The average molecular weight is 343 g/mol. The zero-order valence-corrected chi connectivity index (χ0v) is 11.0. The first kappa shape index (κ1) is 12.1. The van der Waals surface area contributed by atoms with E-state index in [9.17, 15) is 9.59 Å². The van der Waals surface area contributed by atoms with Crippen molar-refractivity contribution in [1.29, 1.82) is 0 Å². The van der Waals surface area contributed by atoms with Gasteiger partial charge in [-0.05, 0) is 52.2 Å². The monoisotopic (exact) mass is 343 g/mol. The Morgan fingerprint density at radius 1 is 1.35 bits per heavy atom. The van der Waals surface area contributed by atoms with E-state index in [-0.39, 0.29) is 18.5 Å². The van der Waals surface area contributed by atoms with E-state index in [0.29, 0.717) is 5.39 Å². The highest BCUT2D eigenvalue weighted by Crippen LogP contribution is 2.13. The largest absolute Gasteiger partial charge is 0.481 e. The lowest BCUT2D eigenvalue weighted by Crippen LogP contribution is -2.20. The van der Waals surface area contributed by atoms with Gasteiger partial charge in [-0.1, -0.05) is 0 Å². The van der Waals surface area contributed by atoms with Gasteiger partial charge in [0.1, 0.15) is 0 Å². The van der Waals surface area contributed by atoms with Crippen molar-refractivity contribution in [2.75, 3.05) is 0 Å². The van der Waals surface area contributed by atoms with Crippen LogP contribution in [0, 0.1) is 3.57 Å². The van der Waals surface area contributed by atoms with Crippen molar-refractivity contribution in [3.05, 3.63) is 44.4 Å². The second kappa shape index (κ2) is 4.87. The summed E-state index contributed by atoms with van der Waals surface area (Å²) < 4.78 is 2.50. The summed E-state index contributed by atoms with van der Waals surface area (Å²) in [6.45, 7) is 0.204. The van der Waals surface area contributed by atoms with Crippen molar-refractivity contribution < 1.29 is 9.90 Å². The Morgan fingerprint density at radius 3 is 2.82 bits per heavy atom. The Kier molecular flexibility index (Phi) is 3.46. The van der Waals surface area contributed by atoms with Crippen LogP contribution in [0.5, 0.6) is 0 Å². The lowest BCUT2D eigenvalue weighted by atomic mass is 10.2. The molecule has 0 saturated heterocycles. The van der Waals surface area contributed by atoms with Crippen LogP contribution in [0.4, 0.5) is 0 Å². The lowest BCUT2D eigenvalue weighted by Gasteiger charge is -2.05. The fourth-order valence-corrected chi connectivity index (χ4v) is 2.17. The molecule has 0 aliphatic carbocycles. The van der Waals surface area contributed by atoms with Gasteiger partial charge in [-0.2, -0.15) is 0 Å². The third kappa shape index (κ3) is 2.66. The highest BCUT2D eigenvalue weighted by molar-refractivity contribution is 14.1. The fourth-order valence-electron chi connectivity index (χ4n) is 1.65. The minimum absolute atomic E-state index is 0.0459. The number of aryl methyl sites for hydroxylation is 1. The number of halogens is 1. The molecule has 0 aliphatic heterocycles. The summed E-state index contributed by atoms with van der Waals surface area (Å²) in [5.74, 6) is -0.903. The summed E-state index contributed by atoms with van der Waals surface area (Å²) in [5, 5.41) is 10.1. The Labute approximate surface area is 111 Å². The van der Waals surface area contributed by atoms with Gasteiger partial charge in [0.05, 0.1) is 6.42 Å². The van der Waals surface area contributed by atoms with E-state index < -0.39 is 5.97 Å². The van der Waals surface area contributed by atoms with Gasteiger partial charge in [-0.25, -0.2) is 0 Å². The molecule has 1 N–H and O–H groups in total. The van der Waals surface area contributed by atoms with E-state index in [4.69, 9.17) is 5.11 Å². The minimum Gasteiger partial charge on any atom is -0.481 e. The van der Waals surface area contributed by atoms with Gasteiger partial charge in [-0.15, -0.1) is 0 Å². The summed E-state index contributed by atoms with van der Waals surface area (Å²) in [5.41, 5.74) is -0.139. The molecule has 0 aliphatic rings. The molecule has 2 aromatic rings. The summed E-state index contributed by atoms with van der Waals surface area (Å²) >= 11 is 2.19. The quantitative estimate of drug-likeness (QED) is 0.869. The van der Waals surface area contributed by atoms with E-state index in [1.807, 2.05) is 18.2 Å². The van der Waals surface area contributed by atoms with Gasteiger partial charge in [0.2, 0.25) is 0 Å². The molecule has 2 rings (SSSR count). The van der Waals surface area contributed by atoms with E-state index in [2.05, 4.69) is 22.6 Å². The van der Waals surface area contributed by atoms with Crippen LogP contribution in [0.2, 0.25) is 0 Å². The molecule has 0 unspecified atom stereocenters. The van der Waals surface area contributed by atoms with E-state index in [1.165, 1.54) is 4.57 Å². The molecule has 0 bridgehead atoms. The third-order valence-electron chi connectivity index (χ3n) is 2.51. The number of aromatic nitrogens is 1. The van der Waals surface area contributed by atoms with Gasteiger partial charge in [0.15, 0.2) is 0 Å². The predicted octanol–water partition coefficient (Wildman–Crippen LogP) is 2.08. The molecule has 5 heteroatoms. The number of rotatable bonds is 3. The van der Waals surface area contributed by atoms with Crippen molar-refractivity contribution in [2.24, 2.45) is 0 Å². The van der Waals surface area contributed by atoms with Gasteiger partial charge in [0.25, 0.3) is 5.56 Å². The second-order valence-corrected chi connectivity index (χ2v) is 4.94. The SMILES string of the molecule is O=C(O)CCn1ccc2cc(I)ccc2c1=O. The summed E-state index contributed by atoms with van der Waals surface area (Å²) in [6, 6.07) is 7.40. The van der Waals surface area contributed by atoms with E-state index in [0.717, 1.165) is 8.96 Å². The number of benzene rings is 1. The zero-order chi connectivity index (χ0) is 12.4. The highest BCUT2D eigenvalue weighted by Gasteiger charge is 2.04. The average Bonchev–Trinajstić information content (AvgIpc) is 2.27. The van der Waals surface area contributed by atoms with Crippen molar-refractivity contribution in [3.8, 4) is 0 Å². The number of aliphatic carboxylic acids is 1. The van der Waals surface area contributed by atoms with Crippen LogP contribution in [0.25, 0.3) is 10.8 Å². The zero-order valence-electron chi connectivity index (χ0n) is 8.89. The van der Waals surface area contributed by atoms with Crippen molar-refractivity contribution in [2.45, 2.75) is 13.0 Å². The van der Waals surface area contributed by atoms with E-state index >= 15 is 0 Å². The first-order chi connectivity index (χ1) is 8.08. The maximum Gasteiger partial charge on any atom is 0.305 e. The van der Waals surface area contributed by atoms with Gasteiger partial charge >= 0.3 is 5.97 Å². The van der Waals surface area contributed by atoms with Crippen LogP contribution in [-0.2, 0) is 11.3 Å². The number of pyridine rings is 1. The maximum atomic E-state index is 12.0. The number of hydrogen-bond acceptors (Lipinski definition) is 2. The number of nitrogens with zero attached hydrogens (tertiary/aromatic N) is 1. The van der Waals surface area contributed by atoms with Crippen molar-refractivity contribution in [3.63, 3.8) is 0 Å². The predicted molar refractivity (Wildman–Crippen MR) is 73.2 cm³/mol. The molecular weight excluding hydrogens is 333 g/mol. The highest BCUT2D eigenvalue weighted by atomic mass is 127. The molecular formula is C12H10INO3. The maximum absolute atomic E-state index is 12.0. The smallest absolute Gasteiger partial charge is 0.305 e. The molecule has 4 nitrogen and oxygen atoms in total. The van der Waals surface area contributed by atoms with Gasteiger partial charge in [-0.3, -0.25) is 9.59 Å². The van der Waals surface area contributed by atoms with Crippen LogP contribution in [0.15, 0.2) is 35.3 Å². The number of carboxylic acid groups (broad SMARTS) is 1. The number of carboxylic acids is 1. The molecule has 0 saturated carbocycles. The second-order valence-electron chi connectivity index (χ2n) is 3.69. The Morgan fingerprint density at radius 2 is 2.12 bits per heavy atom. The Bertz CT molecular complexity index is 633. The molecule has 1 aromatic carbocycles.